The minimum Gasteiger partial charge on any atom is -0.467 e. The van der Waals surface area contributed by atoms with Gasteiger partial charge in [0.1, 0.15) is 23.6 Å². The van der Waals surface area contributed by atoms with Crippen LogP contribution in [0.2, 0.25) is 0 Å². The zero-order valence-electron chi connectivity index (χ0n) is 13.6. The van der Waals surface area contributed by atoms with Crippen LogP contribution in [0.4, 0.5) is 0 Å². The van der Waals surface area contributed by atoms with Crippen molar-refractivity contribution < 1.29 is 8.83 Å². The molecule has 2 aromatic heterocycles. The monoisotopic (exact) mass is 439 g/mol. The molecule has 0 saturated carbocycles. The van der Waals surface area contributed by atoms with Gasteiger partial charge in [-0.1, -0.05) is 18.2 Å². The lowest BCUT2D eigenvalue weighted by Gasteiger charge is -2.10. The number of hydrogen-bond acceptors (Lipinski definition) is 3. The zero-order chi connectivity index (χ0) is 15.9. The van der Waals surface area contributed by atoms with Crippen LogP contribution < -0.4 is 10.6 Å². The molecule has 0 atom stereocenters. The highest BCUT2D eigenvalue weighted by Gasteiger charge is 2.04. The summed E-state index contributed by atoms with van der Waals surface area (Å²) in [6, 6.07) is 13.9. The van der Waals surface area contributed by atoms with Crippen molar-refractivity contribution in [2.75, 3.05) is 13.1 Å². The van der Waals surface area contributed by atoms with E-state index in [-0.39, 0.29) is 24.0 Å². The van der Waals surface area contributed by atoms with Crippen molar-refractivity contribution in [3.63, 3.8) is 0 Å². The SMILES string of the molecule is CCNC(=NCc1ccco1)NCCc1cc2ccccc2o1.I. The van der Waals surface area contributed by atoms with Gasteiger partial charge in [0.05, 0.1) is 6.26 Å². The summed E-state index contributed by atoms with van der Waals surface area (Å²) in [6.45, 7) is 4.13. The fourth-order valence-electron chi connectivity index (χ4n) is 2.37. The standard InChI is InChI=1S/C18H21N3O2.HI/c1-2-19-18(21-13-16-7-5-11-22-16)20-10-9-15-12-14-6-3-4-8-17(14)23-15;/h3-8,11-12H,2,9-10,13H2,1H3,(H2,19,20,21);1H. The molecular formula is C18H22IN3O2. The number of benzene rings is 1. The van der Waals surface area contributed by atoms with E-state index >= 15 is 0 Å². The number of para-hydroxylation sites is 1. The van der Waals surface area contributed by atoms with Crippen LogP contribution in [0.25, 0.3) is 11.0 Å². The van der Waals surface area contributed by atoms with Gasteiger partial charge >= 0.3 is 0 Å². The normalized spacial score (nSPS) is 11.3. The Hall–Kier alpha value is -1.96. The van der Waals surface area contributed by atoms with Crippen molar-refractivity contribution in [3.8, 4) is 0 Å². The maximum Gasteiger partial charge on any atom is 0.191 e. The lowest BCUT2D eigenvalue weighted by molar-refractivity contribution is 0.511. The van der Waals surface area contributed by atoms with Gasteiger partial charge < -0.3 is 19.5 Å². The van der Waals surface area contributed by atoms with Crippen LogP contribution in [0.1, 0.15) is 18.4 Å². The Balaban J connectivity index is 0.00000208. The summed E-state index contributed by atoms with van der Waals surface area (Å²) in [5, 5.41) is 7.68. The molecule has 0 aliphatic carbocycles. The first-order valence-electron chi connectivity index (χ1n) is 7.87. The predicted molar refractivity (Wildman–Crippen MR) is 107 cm³/mol. The fraction of sp³-hybridized carbons (Fsp3) is 0.278. The van der Waals surface area contributed by atoms with Gasteiger partial charge in [-0.25, -0.2) is 4.99 Å². The van der Waals surface area contributed by atoms with Crippen LogP contribution in [0.5, 0.6) is 0 Å². The summed E-state index contributed by atoms with van der Waals surface area (Å²) in [5.74, 6) is 2.60. The first-order chi connectivity index (χ1) is 11.3. The van der Waals surface area contributed by atoms with E-state index in [1.807, 2.05) is 37.3 Å². The Morgan fingerprint density at radius 2 is 1.96 bits per heavy atom. The molecule has 2 N–H and O–H groups in total. The van der Waals surface area contributed by atoms with E-state index < -0.39 is 0 Å². The van der Waals surface area contributed by atoms with E-state index in [0.29, 0.717) is 6.54 Å². The van der Waals surface area contributed by atoms with Gasteiger partial charge in [0.2, 0.25) is 0 Å². The quantitative estimate of drug-likeness (QED) is 0.347. The number of rotatable bonds is 6. The first kappa shape index (κ1) is 18.4. The van der Waals surface area contributed by atoms with Crippen LogP contribution in [-0.4, -0.2) is 19.0 Å². The Morgan fingerprint density at radius 1 is 1.08 bits per heavy atom. The van der Waals surface area contributed by atoms with E-state index in [9.17, 15) is 0 Å². The number of aliphatic imine (C=N–C) groups is 1. The molecule has 6 heteroatoms. The number of nitrogens with zero attached hydrogens (tertiary/aromatic N) is 1. The van der Waals surface area contributed by atoms with E-state index in [4.69, 9.17) is 8.83 Å². The van der Waals surface area contributed by atoms with E-state index in [2.05, 4.69) is 27.8 Å². The average Bonchev–Trinajstić information content (AvgIpc) is 3.21. The highest BCUT2D eigenvalue weighted by molar-refractivity contribution is 14.0. The van der Waals surface area contributed by atoms with Gasteiger partial charge in [0, 0.05) is 24.9 Å². The first-order valence-corrected chi connectivity index (χ1v) is 7.87. The second-order valence-electron chi connectivity index (χ2n) is 5.20. The number of nitrogens with one attached hydrogen (secondary N) is 2. The van der Waals surface area contributed by atoms with Crippen LogP contribution >= 0.6 is 24.0 Å². The summed E-state index contributed by atoms with van der Waals surface area (Å²) in [6.07, 6.45) is 2.46. The van der Waals surface area contributed by atoms with Gasteiger partial charge in [-0.15, -0.1) is 24.0 Å². The molecule has 128 valence electrons. The minimum atomic E-state index is 0. The Bertz CT molecular complexity index is 733. The summed E-state index contributed by atoms with van der Waals surface area (Å²) < 4.78 is 11.1. The largest absolute Gasteiger partial charge is 0.467 e. The molecule has 0 aliphatic rings. The van der Waals surface area contributed by atoms with Crippen molar-refractivity contribution in [1.82, 2.24) is 10.6 Å². The van der Waals surface area contributed by atoms with E-state index in [1.54, 1.807) is 6.26 Å². The van der Waals surface area contributed by atoms with Crippen molar-refractivity contribution in [2.45, 2.75) is 19.9 Å². The zero-order valence-corrected chi connectivity index (χ0v) is 15.9. The number of furan rings is 2. The van der Waals surface area contributed by atoms with Gasteiger partial charge in [0.15, 0.2) is 5.96 Å². The van der Waals surface area contributed by atoms with Crippen LogP contribution in [0.15, 0.2) is 62.6 Å². The highest BCUT2D eigenvalue weighted by atomic mass is 127. The lowest BCUT2D eigenvalue weighted by atomic mass is 10.2. The number of hydrogen-bond donors (Lipinski definition) is 2. The third-order valence-corrected chi connectivity index (χ3v) is 3.46. The third-order valence-electron chi connectivity index (χ3n) is 3.46. The van der Waals surface area contributed by atoms with Crippen molar-refractivity contribution >= 4 is 40.9 Å². The van der Waals surface area contributed by atoms with Gasteiger partial charge in [-0.3, -0.25) is 0 Å². The molecule has 3 rings (SSSR count). The smallest absolute Gasteiger partial charge is 0.191 e. The summed E-state index contributed by atoms with van der Waals surface area (Å²) in [7, 11) is 0. The minimum absolute atomic E-state index is 0. The van der Waals surface area contributed by atoms with E-state index in [0.717, 1.165) is 48.0 Å². The summed E-state index contributed by atoms with van der Waals surface area (Å²) in [4.78, 5) is 4.50. The molecular weight excluding hydrogens is 417 g/mol. The average molecular weight is 439 g/mol. The second kappa shape index (κ2) is 9.36. The molecule has 0 amide bonds. The molecule has 0 unspecified atom stereocenters. The lowest BCUT2D eigenvalue weighted by Crippen LogP contribution is -2.38. The van der Waals surface area contributed by atoms with Crippen LogP contribution in [0.3, 0.4) is 0 Å². The number of fused-ring (bicyclic) bond motifs is 1. The Morgan fingerprint density at radius 3 is 2.71 bits per heavy atom. The second-order valence-corrected chi connectivity index (χ2v) is 5.20. The third kappa shape index (κ3) is 5.02. The topological polar surface area (TPSA) is 62.7 Å². The molecule has 0 fully saturated rings. The summed E-state index contributed by atoms with van der Waals surface area (Å²) >= 11 is 0. The molecule has 0 aliphatic heterocycles. The molecule has 2 heterocycles. The maximum atomic E-state index is 5.81. The molecule has 5 nitrogen and oxygen atoms in total. The maximum absolute atomic E-state index is 5.81. The number of halogens is 1. The van der Waals surface area contributed by atoms with Crippen molar-refractivity contribution in [2.24, 2.45) is 4.99 Å². The predicted octanol–water partition coefficient (Wildman–Crippen LogP) is 3.94. The van der Waals surface area contributed by atoms with Crippen molar-refractivity contribution in [1.29, 1.82) is 0 Å². The fourth-order valence-corrected chi connectivity index (χ4v) is 2.37. The highest BCUT2D eigenvalue weighted by Crippen LogP contribution is 2.18. The van der Waals surface area contributed by atoms with Gasteiger partial charge in [0.25, 0.3) is 0 Å². The van der Waals surface area contributed by atoms with Gasteiger partial charge in [-0.05, 0) is 31.2 Å². The molecule has 3 aromatic rings. The number of guanidine groups is 1. The summed E-state index contributed by atoms with van der Waals surface area (Å²) in [5.41, 5.74) is 0.931. The molecule has 0 saturated heterocycles. The molecule has 0 bridgehead atoms. The molecule has 0 spiro atoms. The van der Waals surface area contributed by atoms with Gasteiger partial charge in [-0.2, -0.15) is 0 Å². The molecule has 24 heavy (non-hydrogen) atoms. The molecule has 1 aromatic carbocycles. The Kier molecular flexibility index (Phi) is 7.17. The van der Waals surface area contributed by atoms with Crippen LogP contribution in [0, 0.1) is 0 Å². The Labute approximate surface area is 158 Å². The van der Waals surface area contributed by atoms with E-state index in [1.165, 1.54) is 0 Å². The van der Waals surface area contributed by atoms with Crippen LogP contribution in [-0.2, 0) is 13.0 Å². The van der Waals surface area contributed by atoms with Crippen molar-refractivity contribution in [3.05, 3.63) is 60.2 Å². The molecule has 0 radical (unpaired) electrons.